The minimum Gasteiger partial charge on any atom is -0.444 e. The average molecular weight is 501 g/mol. The van der Waals surface area contributed by atoms with Crippen LogP contribution in [0.3, 0.4) is 0 Å². The summed E-state index contributed by atoms with van der Waals surface area (Å²) in [6, 6.07) is 14.1. The number of nitrogens with zero attached hydrogens (tertiary/aromatic N) is 3. The summed E-state index contributed by atoms with van der Waals surface area (Å²) in [5.74, 6) is -0.263. The van der Waals surface area contributed by atoms with E-state index >= 15 is 0 Å². The molecule has 2 heterocycles. The molecule has 192 valence electrons. The highest BCUT2D eigenvalue weighted by atomic mass is 16.6. The lowest BCUT2D eigenvalue weighted by molar-refractivity contribution is -0.128. The summed E-state index contributed by atoms with van der Waals surface area (Å²) in [5.41, 5.74) is 0.871. The van der Waals surface area contributed by atoms with Gasteiger partial charge < -0.3 is 14.6 Å². The number of benzene rings is 2. The molecule has 1 N–H and O–H groups in total. The van der Waals surface area contributed by atoms with Crippen molar-refractivity contribution < 1.29 is 14.3 Å². The predicted octanol–water partition coefficient (Wildman–Crippen LogP) is 4.03. The van der Waals surface area contributed by atoms with E-state index in [4.69, 9.17) is 4.74 Å². The van der Waals surface area contributed by atoms with Crippen LogP contribution in [0.1, 0.15) is 45.6 Å². The molecule has 4 atom stereocenters. The van der Waals surface area contributed by atoms with E-state index < -0.39 is 23.8 Å². The fourth-order valence-electron chi connectivity index (χ4n) is 5.94. The molecule has 3 aromatic rings. The smallest absolute Gasteiger partial charge is 0.411 e. The number of rotatable bonds is 4. The van der Waals surface area contributed by atoms with E-state index in [1.165, 1.54) is 0 Å². The van der Waals surface area contributed by atoms with Gasteiger partial charge in [0.05, 0.1) is 11.6 Å². The number of aryl methyl sites for hydroxylation is 1. The molecule has 5 rings (SSSR count). The highest BCUT2D eigenvalue weighted by Gasteiger charge is 2.52. The minimum absolute atomic E-state index is 0.0114. The Hall–Kier alpha value is -3.86. The number of carbonyl (C=O) groups is 2. The number of hydrogen-bond acceptors (Lipinski definition) is 5. The van der Waals surface area contributed by atoms with Crippen molar-refractivity contribution in [3.63, 3.8) is 0 Å². The van der Waals surface area contributed by atoms with Gasteiger partial charge in [-0.3, -0.25) is 14.5 Å². The molecule has 0 radical (unpaired) electrons. The van der Waals surface area contributed by atoms with Crippen molar-refractivity contribution in [2.75, 3.05) is 0 Å². The van der Waals surface area contributed by atoms with Gasteiger partial charge in [-0.1, -0.05) is 30.3 Å². The highest BCUT2D eigenvalue weighted by Crippen LogP contribution is 2.43. The van der Waals surface area contributed by atoms with Crippen LogP contribution < -0.4 is 10.9 Å². The second-order valence-corrected chi connectivity index (χ2v) is 11.2. The van der Waals surface area contributed by atoms with Gasteiger partial charge in [0.1, 0.15) is 17.7 Å². The summed E-state index contributed by atoms with van der Waals surface area (Å²) >= 11 is 0. The van der Waals surface area contributed by atoms with E-state index in [2.05, 4.69) is 11.4 Å². The molecule has 1 aliphatic carbocycles. The third-order valence-corrected chi connectivity index (χ3v) is 7.54. The number of fused-ring (bicyclic) bond motifs is 5. The minimum atomic E-state index is -0.797. The van der Waals surface area contributed by atoms with Crippen molar-refractivity contribution in [1.82, 2.24) is 14.8 Å². The van der Waals surface area contributed by atoms with Crippen LogP contribution in [-0.2, 0) is 23.0 Å². The Bertz CT molecular complexity index is 1500. The Morgan fingerprint density at radius 2 is 1.89 bits per heavy atom. The molecule has 1 aliphatic heterocycles. The van der Waals surface area contributed by atoms with E-state index in [0.29, 0.717) is 5.39 Å². The number of hydrogen-bond donors (Lipinski definition) is 1. The molecule has 8 nitrogen and oxygen atoms in total. The van der Waals surface area contributed by atoms with Gasteiger partial charge >= 0.3 is 6.09 Å². The van der Waals surface area contributed by atoms with Crippen LogP contribution >= 0.6 is 0 Å². The molecular formula is C29H32N4O4. The average Bonchev–Trinajstić information content (AvgIpc) is 3.48. The van der Waals surface area contributed by atoms with Crippen molar-refractivity contribution in [2.45, 2.75) is 70.2 Å². The first kappa shape index (κ1) is 24.8. The van der Waals surface area contributed by atoms with Crippen LogP contribution in [0.4, 0.5) is 4.79 Å². The third kappa shape index (κ3) is 4.55. The summed E-state index contributed by atoms with van der Waals surface area (Å²) in [5, 5.41) is 15.1. The lowest BCUT2D eigenvalue weighted by Crippen LogP contribution is -2.55. The molecule has 2 aliphatic rings. The normalized spacial score (nSPS) is 21.7. The number of ether oxygens (including phenoxy) is 1. The number of para-hydroxylation sites is 1. The van der Waals surface area contributed by atoms with Gasteiger partial charge in [0.25, 0.3) is 5.56 Å². The maximum Gasteiger partial charge on any atom is 0.411 e. The first-order chi connectivity index (χ1) is 17.6. The summed E-state index contributed by atoms with van der Waals surface area (Å²) in [6.45, 7) is 5.42. The Labute approximate surface area is 215 Å². The SMILES string of the molecule is Cn1c(=O)c2cc(CC(C#N)NC(=O)[C@@H]3[C@H]4CC[C@H](C4)N3C(=O)OC(C)(C)C)ccc2c2ccccc21. The zero-order valence-electron chi connectivity index (χ0n) is 21.7. The van der Waals surface area contributed by atoms with E-state index in [-0.39, 0.29) is 29.8 Å². The summed E-state index contributed by atoms with van der Waals surface area (Å²) in [6.07, 6.45) is 2.28. The molecule has 1 saturated heterocycles. The van der Waals surface area contributed by atoms with E-state index in [9.17, 15) is 19.6 Å². The van der Waals surface area contributed by atoms with Crippen LogP contribution in [0.2, 0.25) is 0 Å². The van der Waals surface area contributed by atoms with Crippen molar-refractivity contribution >= 4 is 33.7 Å². The quantitative estimate of drug-likeness (QED) is 0.545. The lowest BCUT2D eigenvalue weighted by atomic mass is 9.97. The molecule has 1 aromatic heterocycles. The Balaban J connectivity index is 1.37. The predicted molar refractivity (Wildman–Crippen MR) is 141 cm³/mol. The second-order valence-electron chi connectivity index (χ2n) is 11.2. The van der Waals surface area contributed by atoms with Crippen molar-refractivity contribution in [2.24, 2.45) is 13.0 Å². The zero-order chi connectivity index (χ0) is 26.5. The van der Waals surface area contributed by atoms with Gasteiger partial charge in [0.15, 0.2) is 0 Å². The molecule has 0 spiro atoms. The third-order valence-electron chi connectivity index (χ3n) is 7.54. The summed E-state index contributed by atoms with van der Waals surface area (Å²) in [4.78, 5) is 40.9. The maximum absolute atomic E-state index is 13.4. The number of carbonyl (C=O) groups excluding carboxylic acids is 2. The Kier molecular flexibility index (Phi) is 6.18. The number of aromatic nitrogens is 1. The first-order valence-corrected chi connectivity index (χ1v) is 12.8. The molecule has 8 heteroatoms. The second kappa shape index (κ2) is 9.22. The summed E-state index contributed by atoms with van der Waals surface area (Å²) in [7, 11) is 1.75. The molecule has 1 unspecified atom stereocenters. The fourth-order valence-corrected chi connectivity index (χ4v) is 5.94. The van der Waals surface area contributed by atoms with Gasteiger partial charge in [-0.15, -0.1) is 0 Å². The maximum atomic E-state index is 13.4. The molecule has 2 amide bonds. The largest absolute Gasteiger partial charge is 0.444 e. The molecule has 2 bridgehead atoms. The fraction of sp³-hybridized carbons (Fsp3) is 0.448. The topological polar surface area (TPSA) is 104 Å². The van der Waals surface area contributed by atoms with E-state index in [0.717, 1.165) is 41.1 Å². The Morgan fingerprint density at radius 3 is 2.62 bits per heavy atom. The summed E-state index contributed by atoms with van der Waals surface area (Å²) < 4.78 is 7.21. The Morgan fingerprint density at radius 1 is 1.14 bits per heavy atom. The molecular weight excluding hydrogens is 468 g/mol. The van der Waals surface area contributed by atoms with Crippen LogP contribution in [0.25, 0.3) is 21.7 Å². The van der Waals surface area contributed by atoms with Gasteiger partial charge in [0, 0.05) is 30.3 Å². The van der Waals surface area contributed by atoms with Gasteiger partial charge in [-0.2, -0.15) is 5.26 Å². The molecule has 2 fully saturated rings. The number of piperidine rings is 1. The number of amides is 2. The van der Waals surface area contributed by atoms with Crippen LogP contribution in [0, 0.1) is 17.2 Å². The van der Waals surface area contributed by atoms with Crippen LogP contribution in [-0.4, -0.2) is 45.2 Å². The zero-order valence-corrected chi connectivity index (χ0v) is 21.7. The molecule has 37 heavy (non-hydrogen) atoms. The van der Waals surface area contributed by atoms with E-state index in [1.54, 1.807) is 37.3 Å². The monoisotopic (exact) mass is 500 g/mol. The molecule has 1 saturated carbocycles. The number of likely N-dealkylation sites (tertiary alicyclic amines) is 1. The van der Waals surface area contributed by atoms with Crippen molar-refractivity contribution in [3.8, 4) is 6.07 Å². The lowest BCUT2D eigenvalue weighted by Gasteiger charge is -2.35. The number of nitriles is 1. The highest BCUT2D eigenvalue weighted by molar-refractivity contribution is 6.05. The first-order valence-electron chi connectivity index (χ1n) is 12.8. The van der Waals surface area contributed by atoms with Crippen molar-refractivity contribution in [3.05, 3.63) is 58.4 Å². The van der Waals surface area contributed by atoms with Gasteiger partial charge in [0.2, 0.25) is 5.91 Å². The van der Waals surface area contributed by atoms with Crippen LogP contribution in [0.15, 0.2) is 47.3 Å². The van der Waals surface area contributed by atoms with Crippen LogP contribution in [0.5, 0.6) is 0 Å². The molecule has 2 aromatic carbocycles. The van der Waals surface area contributed by atoms with E-state index in [1.807, 2.05) is 42.5 Å². The van der Waals surface area contributed by atoms with Crippen molar-refractivity contribution in [1.29, 1.82) is 5.26 Å². The van der Waals surface area contributed by atoms with Gasteiger partial charge in [-0.25, -0.2) is 4.79 Å². The number of pyridine rings is 1. The van der Waals surface area contributed by atoms with Gasteiger partial charge in [-0.05, 0) is 69.0 Å². The number of nitrogens with one attached hydrogen (secondary N) is 1. The standard InChI is InChI=1S/C29H32N4O4/c1-29(2,3)37-28(36)33-20-11-10-18(15-20)25(33)26(34)31-19(16-30)13-17-9-12-21-22-7-5-6-8-24(22)32(4)27(35)23(21)14-17/h5-9,12,14,18-20,25H,10-11,13,15H2,1-4H3,(H,31,34)/t18-,19?,20+,25-/m0/s1.